The van der Waals surface area contributed by atoms with Gasteiger partial charge in [-0.05, 0) is 42.0 Å². The smallest absolute Gasteiger partial charge is 0.265 e. The predicted molar refractivity (Wildman–Crippen MR) is 86.7 cm³/mol. The van der Waals surface area contributed by atoms with Gasteiger partial charge in [-0.2, -0.15) is 14.9 Å². The number of nitrogens with zero attached hydrogens (tertiary/aromatic N) is 5. The highest BCUT2D eigenvalue weighted by Gasteiger charge is 2.07. The van der Waals surface area contributed by atoms with Crippen LogP contribution < -0.4 is 0 Å². The van der Waals surface area contributed by atoms with Gasteiger partial charge in [0.2, 0.25) is 4.77 Å². The fourth-order valence-corrected chi connectivity index (χ4v) is 2.07. The lowest BCUT2D eigenvalue weighted by molar-refractivity contribution is -0.384. The van der Waals surface area contributed by atoms with Gasteiger partial charge < -0.3 is 0 Å². The highest BCUT2D eigenvalue weighted by Crippen LogP contribution is 2.16. The van der Waals surface area contributed by atoms with E-state index in [2.05, 4.69) is 20.3 Å². The Morgan fingerprint density at radius 2 is 1.91 bits per heavy atom. The number of H-pyrrole nitrogens is 1. The summed E-state index contributed by atoms with van der Waals surface area (Å²) in [6.07, 6.45) is 4.86. The topological polar surface area (TPSA) is 102 Å². The van der Waals surface area contributed by atoms with E-state index in [-0.39, 0.29) is 5.69 Å². The van der Waals surface area contributed by atoms with E-state index in [1.54, 1.807) is 42.9 Å². The van der Waals surface area contributed by atoms with E-state index in [0.717, 1.165) is 5.56 Å². The Morgan fingerprint density at radius 3 is 2.57 bits per heavy atom. The molecule has 0 radical (unpaired) electrons. The molecule has 1 N–H and O–H groups in total. The van der Waals surface area contributed by atoms with E-state index in [0.29, 0.717) is 16.2 Å². The molecular formula is C14H10N6O2S. The summed E-state index contributed by atoms with van der Waals surface area (Å²) in [4.78, 5) is 14.1. The van der Waals surface area contributed by atoms with E-state index in [4.69, 9.17) is 12.2 Å². The van der Waals surface area contributed by atoms with Crippen LogP contribution in [0.1, 0.15) is 5.56 Å². The lowest BCUT2D eigenvalue weighted by Gasteiger charge is -2.00. The molecule has 0 spiro atoms. The highest BCUT2D eigenvalue weighted by molar-refractivity contribution is 7.71. The van der Waals surface area contributed by atoms with Gasteiger partial charge in [-0.15, -0.1) is 0 Å². The molecular weight excluding hydrogens is 316 g/mol. The van der Waals surface area contributed by atoms with Crippen LogP contribution in [0.3, 0.4) is 0 Å². The second-order valence-electron chi connectivity index (χ2n) is 4.49. The molecule has 1 aromatic carbocycles. The van der Waals surface area contributed by atoms with Gasteiger partial charge in [-0.1, -0.05) is 0 Å². The second-order valence-corrected chi connectivity index (χ2v) is 4.88. The molecule has 0 saturated carbocycles. The van der Waals surface area contributed by atoms with E-state index in [1.165, 1.54) is 16.8 Å². The monoisotopic (exact) mass is 326 g/mol. The summed E-state index contributed by atoms with van der Waals surface area (Å²) in [7, 11) is 0. The molecule has 0 bridgehead atoms. The Labute approximate surface area is 135 Å². The first kappa shape index (κ1) is 14.7. The van der Waals surface area contributed by atoms with Gasteiger partial charge in [0, 0.05) is 30.1 Å². The largest absolute Gasteiger partial charge is 0.269 e. The van der Waals surface area contributed by atoms with Crippen LogP contribution in [0.5, 0.6) is 0 Å². The SMILES string of the molecule is O=[N+]([O-])c1ccc(C=Nn2c(-c3ccncc3)n[nH]c2=S)cc1. The number of benzene rings is 1. The molecule has 8 nitrogen and oxygen atoms in total. The number of non-ortho nitro benzene ring substituents is 1. The zero-order valence-electron chi connectivity index (χ0n) is 11.7. The third-order valence-corrected chi connectivity index (χ3v) is 3.28. The maximum atomic E-state index is 10.6. The van der Waals surface area contributed by atoms with Crippen molar-refractivity contribution in [1.82, 2.24) is 19.9 Å². The van der Waals surface area contributed by atoms with Gasteiger partial charge in [0.05, 0.1) is 11.1 Å². The van der Waals surface area contributed by atoms with Gasteiger partial charge in [0.15, 0.2) is 5.82 Å². The normalized spacial score (nSPS) is 11.0. The number of hydrogen-bond acceptors (Lipinski definition) is 6. The fraction of sp³-hybridized carbons (Fsp3) is 0. The Bertz CT molecular complexity index is 914. The van der Waals surface area contributed by atoms with Crippen LogP contribution in [-0.4, -0.2) is 31.0 Å². The summed E-state index contributed by atoms with van der Waals surface area (Å²) < 4.78 is 1.82. The average molecular weight is 326 g/mol. The molecule has 2 aromatic heterocycles. The Kier molecular flexibility index (Phi) is 4.02. The minimum atomic E-state index is -0.450. The zero-order valence-corrected chi connectivity index (χ0v) is 12.5. The molecule has 114 valence electrons. The van der Waals surface area contributed by atoms with Crippen molar-refractivity contribution in [2.75, 3.05) is 0 Å². The van der Waals surface area contributed by atoms with Crippen molar-refractivity contribution < 1.29 is 4.92 Å². The van der Waals surface area contributed by atoms with Crippen molar-refractivity contribution in [2.24, 2.45) is 5.10 Å². The number of pyridine rings is 1. The maximum Gasteiger partial charge on any atom is 0.269 e. The lowest BCUT2D eigenvalue weighted by Crippen LogP contribution is -1.95. The summed E-state index contributed by atoms with van der Waals surface area (Å²) in [5.41, 5.74) is 1.55. The number of aromatic nitrogens is 4. The van der Waals surface area contributed by atoms with E-state index < -0.39 is 4.92 Å². The lowest BCUT2D eigenvalue weighted by atomic mass is 10.2. The van der Waals surface area contributed by atoms with E-state index >= 15 is 0 Å². The van der Waals surface area contributed by atoms with E-state index in [9.17, 15) is 10.1 Å². The zero-order chi connectivity index (χ0) is 16.2. The van der Waals surface area contributed by atoms with Crippen molar-refractivity contribution in [3.63, 3.8) is 0 Å². The summed E-state index contributed by atoms with van der Waals surface area (Å²) in [5.74, 6) is 0.551. The molecule has 23 heavy (non-hydrogen) atoms. The van der Waals surface area contributed by atoms with Gasteiger partial charge in [-0.25, -0.2) is 5.10 Å². The van der Waals surface area contributed by atoms with Crippen LogP contribution in [0.2, 0.25) is 0 Å². The van der Waals surface area contributed by atoms with Crippen LogP contribution >= 0.6 is 12.2 Å². The first-order valence-electron chi connectivity index (χ1n) is 6.52. The van der Waals surface area contributed by atoms with Gasteiger partial charge in [-0.3, -0.25) is 15.1 Å². The third kappa shape index (κ3) is 3.19. The summed E-state index contributed by atoms with van der Waals surface area (Å²) >= 11 is 5.17. The maximum absolute atomic E-state index is 10.6. The van der Waals surface area contributed by atoms with Crippen LogP contribution in [0, 0.1) is 14.9 Å². The minimum absolute atomic E-state index is 0.0274. The number of hydrogen-bond donors (Lipinski definition) is 1. The number of nitro groups is 1. The highest BCUT2D eigenvalue weighted by atomic mass is 32.1. The molecule has 9 heteroatoms. The molecule has 0 unspecified atom stereocenters. The Balaban J connectivity index is 1.93. The number of nitro benzene ring substituents is 1. The van der Waals surface area contributed by atoms with Crippen LogP contribution in [0.4, 0.5) is 5.69 Å². The fourth-order valence-electron chi connectivity index (χ4n) is 1.89. The third-order valence-electron chi connectivity index (χ3n) is 3.02. The predicted octanol–water partition coefficient (Wildman–Crippen LogP) is 2.79. The van der Waals surface area contributed by atoms with Crippen molar-refractivity contribution >= 4 is 24.1 Å². The Morgan fingerprint density at radius 1 is 1.22 bits per heavy atom. The number of nitrogens with one attached hydrogen (secondary N) is 1. The molecule has 0 amide bonds. The number of aromatic amines is 1. The van der Waals surface area contributed by atoms with Crippen molar-refractivity contribution in [3.8, 4) is 11.4 Å². The van der Waals surface area contributed by atoms with Crippen molar-refractivity contribution in [3.05, 3.63) is 69.2 Å². The molecule has 3 aromatic rings. The molecule has 0 aliphatic rings. The molecule has 0 fully saturated rings. The van der Waals surface area contributed by atoms with Gasteiger partial charge in [0.25, 0.3) is 5.69 Å². The number of rotatable bonds is 4. The first-order chi connectivity index (χ1) is 11.1. The van der Waals surface area contributed by atoms with E-state index in [1.807, 2.05) is 0 Å². The van der Waals surface area contributed by atoms with Crippen LogP contribution in [0.15, 0.2) is 53.9 Å². The molecule has 0 aliphatic carbocycles. The van der Waals surface area contributed by atoms with Gasteiger partial charge in [0.1, 0.15) is 0 Å². The molecule has 3 rings (SSSR count). The molecule has 0 saturated heterocycles. The summed E-state index contributed by atoms with van der Waals surface area (Å²) in [6, 6.07) is 9.64. The molecule has 0 aliphatic heterocycles. The average Bonchev–Trinajstić information content (AvgIpc) is 2.95. The van der Waals surface area contributed by atoms with Crippen LogP contribution in [-0.2, 0) is 0 Å². The summed E-state index contributed by atoms with van der Waals surface area (Å²) in [6.45, 7) is 0. The second kappa shape index (κ2) is 6.28. The van der Waals surface area contributed by atoms with Crippen molar-refractivity contribution in [2.45, 2.75) is 0 Å². The van der Waals surface area contributed by atoms with Crippen molar-refractivity contribution in [1.29, 1.82) is 0 Å². The molecule has 0 atom stereocenters. The minimum Gasteiger partial charge on any atom is -0.265 e. The van der Waals surface area contributed by atoms with Gasteiger partial charge >= 0.3 is 0 Å². The standard InChI is InChI=1S/C14H10N6O2S/c21-20(22)12-3-1-10(2-4-12)9-16-19-13(17-18-14(19)23)11-5-7-15-8-6-11/h1-9H,(H,18,23). The quantitative estimate of drug-likeness (QED) is 0.344. The first-order valence-corrected chi connectivity index (χ1v) is 6.92. The Hall–Kier alpha value is -3.20. The van der Waals surface area contributed by atoms with Crippen LogP contribution in [0.25, 0.3) is 11.4 Å². The molecule has 2 heterocycles. The summed E-state index contributed by atoms with van der Waals surface area (Å²) in [5, 5.41) is 21.8.